The minimum absolute atomic E-state index is 0.0424. The molecule has 0 aliphatic heterocycles. The number of amides is 1. The summed E-state index contributed by atoms with van der Waals surface area (Å²) >= 11 is 12.5. The topological polar surface area (TPSA) is 195 Å². The number of benzene rings is 2. The van der Waals surface area contributed by atoms with E-state index in [1.54, 1.807) is 54.9 Å². The Bertz CT molecular complexity index is 2000. The standard InChI is InChI=1S/C31H27Cl2N9O6/c1-46-23-6-4-17(10-21(23)32)12-36-26-19(28(43)38-16-25-34-8-3-9-35-25)14-40-31(42-26)48-29(44)20-15-39-30(45)41-27(20)37-13-18-5-7-24(47-2)22(33)11-18/h3-11,14-15H,12-13,16H2,1-2H3,(H,38,43)(H,36,40,42)(H2,37,39,41,45). The number of H-pyrrole nitrogens is 1. The van der Waals surface area contributed by atoms with Crippen LogP contribution in [0.1, 0.15) is 37.7 Å². The number of anilines is 2. The molecule has 3 aromatic heterocycles. The fourth-order valence-corrected chi connectivity index (χ4v) is 4.79. The lowest BCUT2D eigenvalue weighted by atomic mass is 10.2. The van der Waals surface area contributed by atoms with Gasteiger partial charge in [-0.15, -0.1) is 0 Å². The molecule has 1 amide bonds. The predicted octanol–water partition coefficient (Wildman–Crippen LogP) is 4.05. The van der Waals surface area contributed by atoms with Crippen LogP contribution in [0.2, 0.25) is 10.0 Å². The third kappa shape index (κ3) is 8.51. The second-order valence-electron chi connectivity index (χ2n) is 9.77. The second-order valence-corrected chi connectivity index (χ2v) is 10.6. The van der Waals surface area contributed by atoms with Crippen LogP contribution in [0.3, 0.4) is 0 Å². The largest absolute Gasteiger partial charge is 0.495 e. The van der Waals surface area contributed by atoms with Crippen molar-refractivity contribution in [3.63, 3.8) is 0 Å². The van der Waals surface area contributed by atoms with Gasteiger partial charge in [-0.1, -0.05) is 35.3 Å². The minimum Gasteiger partial charge on any atom is -0.495 e. The normalized spacial score (nSPS) is 10.6. The molecule has 5 rings (SSSR count). The van der Waals surface area contributed by atoms with E-state index in [2.05, 4.69) is 45.9 Å². The number of aromatic nitrogens is 6. The predicted molar refractivity (Wildman–Crippen MR) is 176 cm³/mol. The first-order valence-electron chi connectivity index (χ1n) is 14.1. The van der Waals surface area contributed by atoms with Gasteiger partial charge >= 0.3 is 17.7 Å². The summed E-state index contributed by atoms with van der Waals surface area (Å²) in [4.78, 5) is 61.2. The molecule has 0 spiro atoms. The smallest absolute Gasteiger partial charge is 0.351 e. The van der Waals surface area contributed by atoms with Gasteiger partial charge in [-0.05, 0) is 41.5 Å². The molecule has 0 saturated carbocycles. The van der Waals surface area contributed by atoms with E-state index in [0.29, 0.717) is 27.4 Å². The Labute approximate surface area is 283 Å². The number of methoxy groups -OCH3 is 2. The van der Waals surface area contributed by atoms with E-state index in [1.165, 1.54) is 20.4 Å². The molecule has 0 saturated heterocycles. The molecular weight excluding hydrogens is 665 g/mol. The van der Waals surface area contributed by atoms with E-state index < -0.39 is 17.6 Å². The summed E-state index contributed by atoms with van der Waals surface area (Å²) in [5.74, 6) is 0.0246. The summed E-state index contributed by atoms with van der Waals surface area (Å²) in [6.45, 7) is 0.410. The number of nitrogens with zero attached hydrogens (tertiary/aromatic N) is 5. The zero-order chi connectivity index (χ0) is 34.0. The summed E-state index contributed by atoms with van der Waals surface area (Å²) in [7, 11) is 3.01. The van der Waals surface area contributed by atoms with Crippen LogP contribution in [-0.2, 0) is 19.6 Å². The van der Waals surface area contributed by atoms with Gasteiger partial charge in [-0.3, -0.25) is 9.78 Å². The van der Waals surface area contributed by atoms with Crippen molar-refractivity contribution in [3.05, 3.63) is 116 Å². The van der Waals surface area contributed by atoms with Gasteiger partial charge in [0, 0.05) is 31.7 Å². The van der Waals surface area contributed by atoms with Gasteiger partial charge in [0.15, 0.2) is 0 Å². The van der Waals surface area contributed by atoms with E-state index in [4.69, 9.17) is 37.4 Å². The maximum atomic E-state index is 13.3. The van der Waals surface area contributed by atoms with Crippen molar-refractivity contribution in [1.29, 1.82) is 0 Å². The Morgan fingerprint density at radius 1 is 0.812 bits per heavy atom. The number of carbonyl (C=O) groups excluding carboxylic acids is 2. The highest BCUT2D eigenvalue weighted by atomic mass is 35.5. The monoisotopic (exact) mass is 691 g/mol. The number of aromatic amines is 1. The lowest BCUT2D eigenvalue weighted by molar-refractivity contribution is 0.0719. The van der Waals surface area contributed by atoms with Gasteiger partial charge in [0.2, 0.25) is 0 Å². The Kier molecular flexibility index (Phi) is 11.0. The molecule has 4 N–H and O–H groups in total. The van der Waals surface area contributed by atoms with Gasteiger partial charge in [0.05, 0.1) is 37.0 Å². The zero-order valence-corrected chi connectivity index (χ0v) is 26.9. The van der Waals surface area contributed by atoms with Crippen LogP contribution in [-0.4, -0.2) is 56.0 Å². The van der Waals surface area contributed by atoms with Gasteiger partial charge in [0.1, 0.15) is 40.1 Å². The molecule has 2 aromatic carbocycles. The Balaban J connectivity index is 1.36. The Morgan fingerprint density at radius 3 is 2.06 bits per heavy atom. The maximum absolute atomic E-state index is 13.3. The van der Waals surface area contributed by atoms with Crippen LogP contribution in [0, 0.1) is 0 Å². The molecule has 3 heterocycles. The number of esters is 1. The van der Waals surface area contributed by atoms with Crippen LogP contribution in [0.15, 0.2) is 72.0 Å². The number of carbonyl (C=O) groups is 2. The van der Waals surface area contributed by atoms with E-state index in [-0.39, 0.29) is 48.4 Å². The molecule has 0 bridgehead atoms. The lowest BCUT2D eigenvalue weighted by Gasteiger charge is -2.14. The number of hydrogen-bond acceptors (Lipinski definition) is 13. The van der Waals surface area contributed by atoms with E-state index in [0.717, 1.165) is 17.3 Å². The highest BCUT2D eigenvalue weighted by Crippen LogP contribution is 2.27. The summed E-state index contributed by atoms with van der Waals surface area (Å²) in [6, 6.07) is 11.6. The summed E-state index contributed by atoms with van der Waals surface area (Å²) in [6.07, 6.45) is 5.38. The van der Waals surface area contributed by atoms with Crippen LogP contribution < -0.4 is 35.9 Å². The van der Waals surface area contributed by atoms with Gasteiger partial charge in [-0.25, -0.2) is 29.5 Å². The molecule has 0 radical (unpaired) electrons. The van der Waals surface area contributed by atoms with Crippen molar-refractivity contribution in [1.82, 2.24) is 35.2 Å². The van der Waals surface area contributed by atoms with E-state index in [1.807, 2.05) is 0 Å². The van der Waals surface area contributed by atoms with E-state index >= 15 is 0 Å². The first kappa shape index (κ1) is 33.6. The first-order chi connectivity index (χ1) is 23.2. The number of halogens is 2. The maximum Gasteiger partial charge on any atom is 0.351 e. The zero-order valence-electron chi connectivity index (χ0n) is 25.4. The quantitative estimate of drug-likeness (QED) is 0.129. The SMILES string of the molecule is COc1ccc(CNc2nc(OC(=O)c3cnc(=O)[nH]c3NCc3ccc(OC)c(Cl)c3)ncc2C(=O)NCc2ncccn2)cc1Cl. The summed E-state index contributed by atoms with van der Waals surface area (Å²) < 4.78 is 15.8. The van der Waals surface area contributed by atoms with Crippen molar-refractivity contribution in [2.24, 2.45) is 0 Å². The number of hydrogen-bond donors (Lipinski definition) is 4. The van der Waals surface area contributed by atoms with Crippen molar-refractivity contribution >= 4 is 46.7 Å². The van der Waals surface area contributed by atoms with Crippen LogP contribution in [0.4, 0.5) is 11.6 Å². The Hall–Kier alpha value is -5.80. The molecule has 0 fully saturated rings. The molecule has 15 nitrogen and oxygen atoms in total. The molecule has 0 atom stereocenters. The highest BCUT2D eigenvalue weighted by molar-refractivity contribution is 6.32. The van der Waals surface area contributed by atoms with Crippen molar-refractivity contribution in [3.8, 4) is 17.5 Å². The molecule has 0 aliphatic carbocycles. The fraction of sp³-hybridized carbons (Fsp3) is 0.161. The molecule has 0 aliphatic rings. The third-order valence-electron chi connectivity index (χ3n) is 6.62. The van der Waals surface area contributed by atoms with Crippen molar-refractivity contribution in [2.45, 2.75) is 19.6 Å². The van der Waals surface area contributed by atoms with Crippen LogP contribution in [0.5, 0.6) is 17.5 Å². The van der Waals surface area contributed by atoms with Crippen LogP contribution in [0.25, 0.3) is 0 Å². The molecular formula is C31H27Cl2N9O6. The van der Waals surface area contributed by atoms with Gasteiger partial charge in [0.25, 0.3) is 5.91 Å². The molecule has 5 aromatic rings. The third-order valence-corrected chi connectivity index (χ3v) is 7.21. The fourth-order valence-electron chi connectivity index (χ4n) is 4.23. The average molecular weight is 693 g/mol. The van der Waals surface area contributed by atoms with E-state index in [9.17, 15) is 14.4 Å². The molecule has 17 heteroatoms. The molecule has 246 valence electrons. The Morgan fingerprint density at radius 2 is 1.44 bits per heavy atom. The number of nitrogens with one attached hydrogen (secondary N) is 4. The average Bonchev–Trinajstić information content (AvgIpc) is 3.09. The first-order valence-corrected chi connectivity index (χ1v) is 14.8. The van der Waals surface area contributed by atoms with Gasteiger partial charge in [-0.2, -0.15) is 4.98 Å². The molecule has 48 heavy (non-hydrogen) atoms. The summed E-state index contributed by atoms with van der Waals surface area (Å²) in [5, 5.41) is 9.56. The molecule has 0 unspecified atom stereocenters. The number of rotatable bonds is 13. The van der Waals surface area contributed by atoms with Crippen molar-refractivity contribution in [2.75, 3.05) is 24.9 Å². The van der Waals surface area contributed by atoms with Crippen LogP contribution >= 0.6 is 23.2 Å². The minimum atomic E-state index is -0.930. The highest BCUT2D eigenvalue weighted by Gasteiger charge is 2.21. The van der Waals surface area contributed by atoms with Gasteiger partial charge < -0.3 is 30.2 Å². The van der Waals surface area contributed by atoms with Crippen molar-refractivity contribution < 1.29 is 23.8 Å². The second kappa shape index (κ2) is 15.7. The summed E-state index contributed by atoms with van der Waals surface area (Å²) in [5.41, 5.74) is 0.735. The number of ether oxygens (including phenoxy) is 3. The lowest BCUT2D eigenvalue weighted by Crippen LogP contribution is -2.26.